The minimum absolute atomic E-state index is 0.506. The predicted molar refractivity (Wildman–Crippen MR) is 80.3 cm³/mol. The van der Waals surface area contributed by atoms with Crippen molar-refractivity contribution in [2.45, 2.75) is 13.1 Å². The number of rotatable bonds is 5. The fourth-order valence-electron chi connectivity index (χ4n) is 2.81. The van der Waals surface area contributed by atoms with Gasteiger partial charge in [0.05, 0.1) is 6.33 Å². The van der Waals surface area contributed by atoms with E-state index in [1.54, 1.807) is 6.20 Å². The first kappa shape index (κ1) is 15.1. The summed E-state index contributed by atoms with van der Waals surface area (Å²) in [6, 6.07) is 3.74. The zero-order chi connectivity index (χ0) is 15.4. The highest BCUT2D eigenvalue weighted by atomic mass is 19.1. The Morgan fingerprint density at radius 1 is 0.909 bits per heavy atom. The number of hydrogen-bond donors (Lipinski definition) is 0. The molecule has 0 amide bonds. The van der Waals surface area contributed by atoms with Gasteiger partial charge in [0.2, 0.25) is 0 Å². The molecular weight excluding hydrogens is 286 g/mol. The van der Waals surface area contributed by atoms with Crippen molar-refractivity contribution in [2.24, 2.45) is 0 Å². The molecule has 118 valence electrons. The van der Waals surface area contributed by atoms with Gasteiger partial charge in [0, 0.05) is 64.3 Å². The quantitative estimate of drug-likeness (QED) is 0.844. The topological polar surface area (TPSA) is 24.3 Å². The molecule has 1 fully saturated rings. The lowest BCUT2D eigenvalue weighted by atomic mass is 10.2. The van der Waals surface area contributed by atoms with Crippen LogP contribution in [0.15, 0.2) is 36.9 Å². The summed E-state index contributed by atoms with van der Waals surface area (Å²) < 4.78 is 28.5. The average molecular weight is 306 g/mol. The van der Waals surface area contributed by atoms with Crippen molar-refractivity contribution in [2.75, 3.05) is 32.7 Å². The molecule has 0 N–H and O–H groups in total. The van der Waals surface area contributed by atoms with Gasteiger partial charge in [0.25, 0.3) is 0 Å². The molecular formula is C16H20F2N4. The Balaban J connectivity index is 1.45. The van der Waals surface area contributed by atoms with Crippen molar-refractivity contribution in [1.82, 2.24) is 19.4 Å². The molecule has 0 bridgehead atoms. The van der Waals surface area contributed by atoms with E-state index in [9.17, 15) is 8.78 Å². The van der Waals surface area contributed by atoms with Crippen LogP contribution in [-0.4, -0.2) is 52.1 Å². The summed E-state index contributed by atoms with van der Waals surface area (Å²) in [5, 5.41) is 0. The molecule has 0 unspecified atom stereocenters. The Morgan fingerprint density at radius 2 is 1.59 bits per heavy atom. The molecule has 0 atom stereocenters. The molecule has 1 aromatic carbocycles. The number of halogens is 2. The van der Waals surface area contributed by atoms with E-state index in [1.807, 2.05) is 12.5 Å². The molecule has 1 aliphatic rings. The third-order valence-corrected chi connectivity index (χ3v) is 4.03. The van der Waals surface area contributed by atoms with Crippen LogP contribution in [0.4, 0.5) is 8.78 Å². The Hall–Kier alpha value is -1.79. The first-order valence-corrected chi connectivity index (χ1v) is 7.54. The third-order valence-electron chi connectivity index (χ3n) is 4.03. The summed E-state index contributed by atoms with van der Waals surface area (Å²) in [7, 11) is 0. The highest BCUT2D eigenvalue weighted by molar-refractivity contribution is 5.17. The second-order valence-corrected chi connectivity index (χ2v) is 5.70. The SMILES string of the molecule is Fc1cc(F)cc(CN2CCN(CCn3ccnc3)CC2)c1. The van der Waals surface area contributed by atoms with Crippen LogP contribution in [0.25, 0.3) is 0 Å². The van der Waals surface area contributed by atoms with Gasteiger partial charge in [-0.3, -0.25) is 9.80 Å². The molecule has 0 saturated carbocycles. The number of benzene rings is 1. The molecule has 3 rings (SSSR count). The lowest BCUT2D eigenvalue weighted by Crippen LogP contribution is -2.46. The van der Waals surface area contributed by atoms with Crippen molar-refractivity contribution < 1.29 is 8.78 Å². The van der Waals surface area contributed by atoms with Gasteiger partial charge in [-0.25, -0.2) is 13.8 Å². The van der Waals surface area contributed by atoms with Crippen molar-refractivity contribution in [3.05, 3.63) is 54.1 Å². The zero-order valence-corrected chi connectivity index (χ0v) is 12.5. The molecule has 1 saturated heterocycles. The van der Waals surface area contributed by atoms with Crippen LogP contribution < -0.4 is 0 Å². The van der Waals surface area contributed by atoms with E-state index in [1.165, 1.54) is 12.1 Å². The van der Waals surface area contributed by atoms with E-state index in [0.29, 0.717) is 12.1 Å². The van der Waals surface area contributed by atoms with Crippen LogP contribution in [0, 0.1) is 11.6 Å². The molecule has 6 heteroatoms. The highest BCUT2D eigenvalue weighted by Crippen LogP contribution is 2.12. The van der Waals surface area contributed by atoms with Crippen LogP contribution in [-0.2, 0) is 13.1 Å². The lowest BCUT2D eigenvalue weighted by molar-refractivity contribution is 0.124. The number of imidazole rings is 1. The molecule has 0 spiro atoms. The molecule has 4 nitrogen and oxygen atoms in total. The van der Waals surface area contributed by atoms with E-state index in [0.717, 1.165) is 45.3 Å². The monoisotopic (exact) mass is 306 g/mol. The Kier molecular flexibility index (Phi) is 4.80. The van der Waals surface area contributed by atoms with Crippen molar-refractivity contribution >= 4 is 0 Å². The minimum Gasteiger partial charge on any atom is -0.336 e. The highest BCUT2D eigenvalue weighted by Gasteiger charge is 2.17. The molecule has 0 radical (unpaired) electrons. The van der Waals surface area contributed by atoms with Gasteiger partial charge in [0.1, 0.15) is 11.6 Å². The van der Waals surface area contributed by atoms with Crippen LogP contribution >= 0.6 is 0 Å². The summed E-state index contributed by atoms with van der Waals surface area (Å²) in [6.45, 7) is 6.33. The standard InChI is InChI=1S/C16H20F2N4/c17-15-9-14(10-16(18)11-15)12-21-6-3-20(4-7-21)5-8-22-2-1-19-13-22/h1-2,9-11,13H,3-8,12H2. The van der Waals surface area contributed by atoms with Crippen molar-refractivity contribution in [1.29, 1.82) is 0 Å². The van der Waals surface area contributed by atoms with E-state index in [4.69, 9.17) is 0 Å². The molecule has 0 aliphatic carbocycles. The summed E-state index contributed by atoms with van der Waals surface area (Å²) in [4.78, 5) is 8.68. The maximum Gasteiger partial charge on any atom is 0.126 e. The third kappa shape index (κ3) is 4.11. The van der Waals surface area contributed by atoms with E-state index in [-0.39, 0.29) is 0 Å². The maximum absolute atomic E-state index is 13.2. The van der Waals surface area contributed by atoms with Crippen LogP contribution in [0.3, 0.4) is 0 Å². The first-order chi connectivity index (χ1) is 10.7. The van der Waals surface area contributed by atoms with E-state index >= 15 is 0 Å². The zero-order valence-electron chi connectivity index (χ0n) is 12.5. The molecule has 2 aromatic rings. The summed E-state index contributed by atoms with van der Waals surface area (Å²) in [5.74, 6) is -1.01. The number of hydrogen-bond acceptors (Lipinski definition) is 3. The van der Waals surface area contributed by atoms with Gasteiger partial charge in [-0.2, -0.15) is 0 Å². The predicted octanol–water partition coefficient (Wildman–Crippen LogP) is 1.98. The van der Waals surface area contributed by atoms with Gasteiger partial charge < -0.3 is 4.57 Å². The molecule has 1 aliphatic heterocycles. The van der Waals surface area contributed by atoms with Gasteiger partial charge in [-0.1, -0.05) is 0 Å². The second-order valence-electron chi connectivity index (χ2n) is 5.70. The summed E-state index contributed by atoms with van der Waals surface area (Å²) in [5.41, 5.74) is 0.698. The number of nitrogens with zero attached hydrogens (tertiary/aromatic N) is 4. The fraction of sp³-hybridized carbons (Fsp3) is 0.438. The fourth-order valence-corrected chi connectivity index (χ4v) is 2.81. The smallest absolute Gasteiger partial charge is 0.126 e. The van der Waals surface area contributed by atoms with E-state index in [2.05, 4.69) is 19.4 Å². The lowest BCUT2D eigenvalue weighted by Gasteiger charge is -2.34. The molecule has 22 heavy (non-hydrogen) atoms. The minimum atomic E-state index is -0.506. The largest absolute Gasteiger partial charge is 0.336 e. The Bertz CT molecular complexity index is 572. The van der Waals surface area contributed by atoms with Gasteiger partial charge in [0.15, 0.2) is 0 Å². The maximum atomic E-state index is 13.2. The van der Waals surface area contributed by atoms with Gasteiger partial charge in [-0.05, 0) is 17.7 Å². The first-order valence-electron chi connectivity index (χ1n) is 7.54. The molecule has 2 heterocycles. The second kappa shape index (κ2) is 6.98. The summed E-state index contributed by atoms with van der Waals surface area (Å²) >= 11 is 0. The Labute approximate surface area is 129 Å². The Morgan fingerprint density at radius 3 is 2.23 bits per heavy atom. The van der Waals surface area contributed by atoms with Crippen LogP contribution in [0.1, 0.15) is 5.56 Å². The van der Waals surface area contributed by atoms with Crippen LogP contribution in [0.2, 0.25) is 0 Å². The van der Waals surface area contributed by atoms with Gasteiger partial charge in [-0.15, -0.1) is 0 Å². The number of aromatic nitrogens is 2. The van der Waals surface area contributed by atoms with E-state index < -0.39 is 11.6 Å². The number of piperazine rings is 1. The normalized spacial score (nSPS) is 17.0. The van der Waals surface area contributed by atoms with Crippen molar-refractivity contribution in [3.8, 4) is 0 Å². The van der Waals surface area contributed by atoms with Crippen molar-refractivity contribution in [3.63, 3.8) is 0 Å². The van der Waals surface area contributed by atoms with Crippen LogP contribution in [0.5, 0.6) is 0 Å². The summed E-state index contributed by atoms with van der Waals surface area (Å²) in [6.07, 6.45) is 5.58. The van der Waals surface area contributed by atoms with Gasteiger partial charge >= 0.3 is 0 Å². The molecule has 1 aromatic heterocycles. The average Bonchev–Trinajstić information content (AvgIpc) is 2.99.